The minimum Gasteiger partial charge on any atom is -0.432 e. The van der Waals surface area contributed by atoms with Gasteiger partial charge in [-0.15, -0.1) is 0 Å². The monoisotopic (exact) mass is 2210 g/mol. The lowest BCUT2D eigenvalue weighted by atomic mass is 9.71. The fraction of sp³-hybridized carbons (Fsp3) is 0.475. The Hall–Kier alpha value is -9.15. The normalized spacial score (nSPS) is 21.6. The highest BCUT2D eigenvalue weighted by molar-refractivity contribution is 6.70. The van der Waals surface area contributed by atoms with Gasteiger partial charge in [0.05, 0.1) is 19.8 Å². The molecule has 32 heteroatoms. The fourth-order valence-electron chi connectivity index (χ4n) is 21.4. The summed E-state index contributed by atoms with van der Waals surface area (Å²) in [4.78, 5) is 137. The number of hydrogen-bond donors (Lipinski definition) is 3. The zero-order chi connectivity index (χ0) is 110. The van der Waals surface area contributed by atoms with Gasteiger partial charge in [0.1, 0.15) is 50.7 Å². The molecule has 0 bridgehead atoms. The van der Waals surface area contributed by atoms with E-state index in [4.69, 9.17) is 98.8 Å². The van der Waals surface area contributed by atoms with E-state index in [1.807, 2.05) is 219 Å². The minimum atomic E-state index is -2.35. The molecule has 0 spiro atoms. The van der Waals surface area contributed by atoms with Crippen molar-refractivity contribution >= 4 is 142 Å². The van der Waals surface area contributed by atoms with E-state index in [2.05, 4.69) is 163 Å². The van der Waals surface area contributed by atoms with E-state index in [0.717, 1.165) is 110 Å². The molecule has 6 aliphatic heterocycles. The van der Waals surface area contributed by atoms with Crippen molar-refractivity contribution in [1.29, 1.82) is 0 Å². The molecule has 15 rings (SSSR count). The molecular weight excluding hydrogens is 2060 g/mol. The van der Waals surface area contributed by atoms with Crippen LogP contribution in [-0.2, 0) is 93.1 Å². The van der Waals surface area contributed by atoms with Crippen molar-refractivity contribution in [1.82, 2.24) is 44.1 Å². The van der Waals surface area contributed by atoms with Gasteiger partial charge in [0.25, 0.3) is 0 Å². The molecule has 9 aromatic rings. The van der Waals surface area contributed by atoms with Gasteiger partial charge in [-0.2, -0.15) is 0 Å². The molecule has 0 aliphatic carbocycles. The number of methoxy groups -OCH3 is 3. The van der Waals surface area contributed by atoms with Crippen LogP contribution in [0.3, 0.4) is 0 Å². The topological polar surface area (TPSA) is 240 Å². The maximum atomic E-state index is 15.2. The number of hydrogen-bond acceptors (Lipinski definition) is 15. The first-order valence-electron chi connectivity index (χ1n) is 52.2. The zero-order valence-corrected chi connectivity index (χ0v) is 99.6. The summed E-state index contributed by atoms with van der Waals surface area (Å²) in [6.07, 6.45) is 2.34. The molecule has 6 aliphatic rings. The number of amidine groups is 3. The Bertz CT molecular complexity index is 6390. The lowest BCUT2D eigenvalue weighted by Crippen LogP contribution is -2.61. The van der Waals surface area contributed by atoms with Gasteiger partial charge in [-0.3, -0.25) is 44.2 Å². The van der Waals surface area contributed by atoms with Crippen LogP contribution in [0.15, 0.2) is 215 Å². The summed E-state index contributed by atoms with van der Waals surface area (Å²) in [5.74, 6) is 1.79. The molecule has 0 radical (unpaired) electrons. The van der Waals surface area contributed by atoms with Gasteiger partial charge >= 0.3 is 18.1 Å². The van der Waals surface area contributed by atoms with Gasteiger partial charge in [0.15, 0.2) is 25.0 Å². The standard InChI is InChI=1S/C40H52Cl2N4O4Si.C39H50Cl2N4O4Si.C39H52Cl2N4O3Si/c1-38(2,3)31-15-20-34(28(26-31)27-50-6)36-43-39(4,29-11-16-32(41)17-12-29)40(5,30-13-18-33(42)19-14-30)46(36)37(48)45-23-21-44(22-24-45)35(47)10-9-25-51(7,8)49;1-37(2,3)30-13-18-33(27(25-30)26-49-6)35-42-38(4,28-9-14-31(40)15-10-28)39(5,29-11-16-32(41)17-12-29)45(35)36(47)44-22-20-43(21-23-44)34(46)19-24-50(7,8)48;1-37(2,3)31-14-19-34(28(26-31)27-48-6)35-42-38(4,29-10-15-32(40)16-11-29)39(5,30-12-17-33(41)18-13-30)45(35)36(46)44-23-21-43(22-24-44)20-9-25-49(7,8)47/h11-20,26,49H,9-10,21-25,27H2,1-8H3;9-18,25,48H,19-24,26H2,1-8H3;10-19,26,47H,9,20-25,27H2,1-8H3/t39-,40+;2*38-,39+/m000/s1. The van der Waals surface area contributed by atoms with Crippen LogP contribution >= 0.6 is 69.6 Å². The maximum Gasteiger partial charge on any atom is 0.326 e. The molecule has 6 atom stereocenters. The highest BCUT2D eigenvalue weighted by atomic mass is 35.5. The quantitative estimate of drug-likeness (QED) is 0.0429. The second-order valence-electron chi connectivity index (χ2n) is 46.8. The highest BCUT2D eigenvalue weighted by Crippen LogP contribution is 2.58. The average molecular weight is 2210 g/mol. The van der Waals surface area contributed by atoms with Crippen molar-refractivity contribution in [2.45, 2.75) is 256 Å². The number of piperazine rings is 3. The second-order valence-corrected chi connectivity index (χ2v) is 61.8. The van der Waals surface area contributed by atoms with Crippen LogP contribution in [0.2, 0.25) is 87.6 Å². The van der Waals surface area contributed by atoms with Crippen molar-refractivity contribution in [2.24, 2.45) is 15.0 Å². The molecule has 806 valence electrons. The maximum absolute atomic E-state index is 15.2. The van der Waals surface area contributed by atoms with Gasteiger partial charge in [0.2, 0.25) is 11.8 Å². The largest absolute Gasteiger partial charge is 0.432 e. The van der Waals surface area contributed by atoms with Gasteiger partial charge in [-0.25, -0.2) is 14.4 Å². The molecule has 0 aromatic heterocycles. The fourth-order valence-corrected chi connectivity index (χ4v) is 25.0. The predicted octanol–water partition coefficient (Wildman–Crippen LogP) is 25.4. The number of amides is 8. The van der Waals surface area contributed by atoms with Crippen LogP contribution in [0.25, 0.3) is 0 Å². The van der Waals surface area contributed by atoms with Crippen LogP contribution in [-0.4, -0.2) is 237 Å². The lowest BCUT2D eigenvalue weighted by Gasteiger charge is -2.47. The molecule has 3 saturated heterocycles. The van der Waals surface area contributed by atoms with Crippen LogP contribution in [0, 0.1) is 0 Å². The first kappa shape index (κ1) is 118. The Labute approximate surface area is 923 Å². The Balaban J connectivity index is 0.000000187. The van der Waals surface area contributed by atoms with Gasteiger partial charge in [-0.1, -0.05) is 259 Å². The summed E-state index contributed by atoms with van der Waals surface area (Å²) in [6, 6.07) is 66.9. The van der Waals surface area contributed by atoms with Crippen molar-refractivity contribution < 1.29 is 52.6 Å². The summed E-state index contributed by atoms with van der Waals surface area (Å²) in [7, 11) is -1.61. The SMILES string of the molecule is COCc1cc(C(C)(C)C)ccc1C1=N[C@@](C)(c2ccc(Cl)cc2)[C@@](C)(c2ccc(Cl)cc2)N1C(=O)N1CCN(C(=O)CCC[Si](C)(C)O)CC1.COCc1cc(C(C)(C)C)ccc1C1=N[C@@](C)(c2ccc(Cl)cc2)[C@@](C)(c2ccc(Cl)cc2)N1C(=O)N1CCN(C(=O)CC[Si](C)(C)O)CC1.COCc1cc(C(C)(C)C)ccc1C1=N[C@@](C)(c2ccc(Cl)cc2)[C@@](C)(c2ccc(Cl)cc2)N1C(=O)N1CCN(CCC[Si](C)(C)O)CC1. The van der Waals surface area contributed by atoms with Crippen molar-refractivity contribution in [3.8, 4) is 0 Å². The van der Waals surface area contributed by atoms with E-state index in [9.17, 15) is 24.0 Å². The van der Waals surface area contributed by atoms with Crippen LogP contribution < -0.4 is 0 Å². The van der Waals surface area contributed by atoms with Gasteiger partial charge < -0.3 is 53.1 Å². The third kappa shape index (κ3) is 26.0. The predicted molar refractivity (Wildman–Crippen MR) is 618 cm³/mol. The Morgan fingerprint density at radius 1 is 0.313 bits per heavy atom. The first-order valence-corrected chi connectivity index (χ1v) is 64.0. The summed E-state index contributed by atoms with van der Waals surface area (Å²) in [5.41, 5.74) is 8.21. The van der Waals surface area contributed by atoms with Crippen molar-refractivity contribution in [3.05, 3.63) is 314 Å². The summed E-state index contributed by atoms with van der Waals surface area (Å²) < 4.78 is 17.2. The van der Waals surface area contributed by atoms with Crippen LogP contribution in [0.4, 0.5) is 14.4 Å². The number of nitrogens with zero attached hydrogens (tertiary/aromatic N) is 12. The van der Waals surface area contributed by atoms with E-state index in [1.54, 1.807) is 26.2 Å². The Morgan fingerprint density at radius 2 is 0.540 bits per heavy atom. The summed E-state index contributed by atoms with van der Waals surface area (Å²) >= 11 is 38.4. The second kappa shape index (κ2) is 47.3. The molecule has 9 aromatic carbocycles. The van der Waals surface area contributed by atoms with E-state index < -0.39 is 58.2 Å². The van der Waals surface area contributed by atoms with E-state index in [-0.39, 0.29) is 46.2 Å². The number of carbonyl (C=O) groups excluding carboxylic acids is 5. The number of rotatable bonds is 26. The van der Waals surface area contributed by atoms with Gasteiger partial charge in [-0.05, 0) is 274 Å². The molecule has 6 heterocycles. The number of aliphatic imine (C=N–C) groups is 3. The zero-order valence-electron chi connectivity index (χ0n) is 92.1. The highest BCUT2D eigenvalue weighted by Gasteiger charge is 2.64. The van der Waals surface area contributed by atoms with Crippen LogP contribution in [0.1, 0.15) is 213 Å². The van der Waals surface area contributed by atoms with Crippen molar-refractivity contribution in [2.75, 3.05) is 106 Å². The molecule has 23 nitrogen and oxygen atoms in total. The first-order chi connectivity index (χ1) is 70.2. The summed E-state index contributed by atoms with van der Waals surface area (Å²) in [6.45, 7) is 51.6. The molecular formula is C118H154Cl6N12O11Si3. The number of carbonyl (C=O) groups is 5. The van der Waals surface area contributed by atoms with Crippen molar-refractivity contribution in [3.63, 3.8) is 0 Å². The van der Waals surface area contributed by atoms with Gasteiger partial charge in [0, 0.05) is 160 Å². The molecule has 8 amide bonds. The number of benzene rings is 9. The van der Waals surface area contributed by atoms with E-state index in [0.29, 0.717) is 164 Å². The molecule has 3 N–H and O–H groups in total. The van der Waals surface area contributed by atoms with E-state index in [1.165, 1.54) is 5.56 Å². The number of halogens is 6. The lowest BCUT2D eigenvalue weighted by molar-refractivity contribution is -0.133. The summed E-state index contributed by atoms with van der Waals surface area (Å²) in [5, 5.41) is 3.67. The van der Waals surface area contributed by atoms with Crippen LogP contribution in [0.5, 0.6) is 0 Å². The molecule has 150 heavy (non-hydrogen) atoms. The number of ether oxygens (including phenoxy) is 3. The molecule has 3 fully saturated rings. The third-order valence-corrected chi connectivity index (χ3v) is 37.3. The molecule has 0 saturated carbocycles. The third-order valence-electron chi connectivity index (χ3n) is 31.2. The molecule has 0 unspecified atom stereocenters. The Morgan fingerprint density at radius 3 is 0.780 bits per heavy atom. The smallest absolute Gasteiger partial charge is 0.326 e. The number of urea groups is 3. The van der Waals surface area contributed by atoms with E-state index >= 15 is 14.4 Å². The Kier molecular flexibility index (Phi) is 37.2. The minimum absolute atomic E-state index is 0.0135. The average Bonchev–Trinajstić information content (AvgIpc) is 1.54.